The maximum absolute atomic E-state index is 11.7. The SMILES string of the molecule is COc1ccc2ncc3c(c2c1)N(CC1CCC(NCc2ccc4c(n2)NC(=O)CS4)CC1)CCO3. The Balaban J connectivity index is 1.07. The highest BCUT2D eigenvalue weighted by Crippen LogP contribution is 2.40. The van der Waals surface area contributed by atoms with Gasteiger partial charge in [0.2, 0.25) is 5.91 Å². The second-order valence-corrected chi connectivity index (χ2v) is 10.8. The van der Waals surface area contributed by atoms with E-state index in [0.29, 0.717) is 30.1 Å². The molecule has 1 fully saturated rings. The Morgan fingerprint density at radius 1 is 1.22 bits per heavy atom. The molecule has 0 atom stereocenters. The predicted molar refractivity (Wildman–Crippen MR) is 142 cm³/mol. The van der Waals surface area contributed by atoms with Gasteiger partial charge >= 0.3 is 0 Å². The van der Waals surface area contributed by atoms with Crippen LogP contribution in [0.2, 0.25) is 0 Å². The number of fused-ring (bicyclic) bond motifs is 4. The number of thioether (sulfide) groups is 1. The van der Waals surface area contributed by atoms with Crippen molar-refractivity contribution >= 4 is 40.1 Å². The number of carbonyl (C=O) groups excluding carboxylic acids is 1. The van der Waals surface area contributed by atoms with Crippen LogP contribution in [0.5, 0.6) is 11.5 Å². The molecule has 1 saturated carbocycles. The van der Waals surface area contributed by atoms with Gasteiger partial charge in [-0.05, 0) is 61.9 Å². The number of nitrogens with zero attached hydrogens (tertiary/aromatic N) is 3. The minimum absolute atomic E-state index is 0.0229. The van der Waals surface area contributed by atoms with Gasteiger partial charge in [-0.25, -0.2) is 4.98 Å². The molecule has 1 aliphatic carbocycles. The quantitative estimate of drug-likeness (QED) is 0.515. The number of carbonyl (C=O) groups is 1. The molecule has 2 aromatic heterocycles. The largest absolute Gasteiger partial charge is 0.497 e. The monoisotopic (exact) mass is 505 g/mol. The number of nitrogens with one attached hydrogen (secondary N) is 2. The number of hydrogen-bond acceptors (Lipinski definition) is 8. The molecule has 0 radical (unpaired) electrons. The van der Waals surface area contributed by atoms with Gasteiger partial charge in [-0.2, -0.15) is 0 Å². The van der Waals surface area contributed by atoms with Gasteiger partial charge in [0.05, 0.1) is 47.4 Å². The zero-order chi connectivity index (χ0) is 24.5. The van der Waals surface area contributed by atoms with Crippen LogP contribution >= 0.6 is 11.8 Å². The van der Waals surface area contributed by atoms with Crippen molar-refractivity contribution in [2.75, 3.05) is 42.8 Å². The lowest BCUT2D eigenvalue weighted by atomic mass is 9.85. The lowest BCUT2D eigenvalue weighted by Crippen LogP contribution is -2.40. The van der Waals surface area contributed by atoms with E-state index >= 15 is 0 Å². The highest BCUT2D eigenvalue weighted by atomic mass is 32.2. The van der Waals surface area contributed by atoms with E-state index in [0.717, 1.165) is 71.2 Å². The molecule has 2 N–H and O–H groups in total. The first-order valence-electron chi connectivity index (χ1n) is 12.7. The fraction of sp³-hybridized carbons (Fsp3) is 0.444. The third-order valence-electron chi connectivity index (χ3n) is 7.38. The van der Waals surface area contributed by atoms with Crippen molar-refractivity contribution in [3.05, 3.63) is 42.2 Å². The normalized spacial score (nSPS) is 21.4. The molecule has 1 amide bonds. The molecule has 8 nitrogen and oxygen atoms in total. The Morgan fingerprint density at radius 3 is 2.97 bits per heavy atom. The maximum Gasteiger partial charge on any atom is 0.235 e. The Labute approximate surface area is 215 Å². The van der Waals surface area contributed by atoms with Crippen LogP contribution in [0.25, 0.3) is 10.9 Å². The van der Waals surface area contributed by atoms with Crippen LogP contribution in [0, 0.1) is 5.92 Å². The van der Waals surface area contributed by atoms with E-state index in [4.69, 9.17) is 9.47 Å². The summed E-state index contributed by atoms with van der Waals surface area (Å²) < 4.78 is 11.5. The van der Waals surface area contributed by atoms with Crippen LogP contribution < -0.4 is 25.0 Å². The summed E-state index contributed by atoms with van der Waals surface area (Å²) in [6, 6.07) is 10.7. The molecule has 6 rings (SSSR count). The summed E-state index contributed by atoms with van der Waals surface area (Å²) in [5.41, 5.74) is 3.08. The van der Waals surface area contributed by atoms with Crippen LogP contribution in [-0.2, 0) is 11.3 Å². The summed E-state index contributed by atoms with van der Waals surface area (Å²) in [6.07, 6.45) is 6.56. The van der Waals surface area contributed by atoms with Gasteiger partial charge in [-0.3, -0.25) is 9.78 Å². The van der Waals surface area contributed by atoms with E-state index in [9.17, 15) is 4.79 Å². The molecular formula is C27H31N5O3S. The molecule has 1 aromatic carbocycles. The predicted octanol–water partition coefficient (Wildman–Crippen LogP) is 4.23. The molecule has 0 spiro atoms. The Hall–Kier alpha value is -3.04. The van der Waals surface area contributed by atoms with Gasteiger partial charge < -0.3 is 25.0 Å². The fourth-order valence-corrected chi connectivity index (χ4v) is 6.23. The molecule has 0 unspecified atom stereocenters. The highest BCUT2D eigenvalue weighted by Gasteiger charge is 2.27. The van der Waals surface area contributed by atoms with Gasteiger partial charge in [0.25, 0.3) is 0 Å². The topological polar surface area (TPSA) is 88.6 Å². The van der Waals surface area contributed by atoms with Crippen LogP contribution in [-0.4, -0.2) is 54.5 Å². The molecule has 3 aromatic rings. The molecule has 36 heavy (non-hydrogen) atoms. The third-order valence-corrected chi connectivity index (χ3v) is 8.42. The zero-order valence-electron chi connectivity index (χ0n) is 20.5. The standard InChI is InChI=1S/C27H31N5O3S/c1-34-20-7-8-22-21(12-20)26-23(14-29-22)35-11-10-32(26)15-17-2-4-18(5-3-17)28-13-19-6-9-24-27(30-19)31-25(33)16-36-24/h6-9,12,14,17-18,28H,2-5,10-11,13,15-16H2,1H3,(H,30,31,33). The van der Waals surface area contributed by atoms with Gasteiger partial charge in [0, 0.05) is 24.5 Å². The Bertz CT molecular complexity index is 1270. The molecule has 0 bridgehead atoms. The summed E-state index contributed by atoms with van der Waals surface area (Å²) >= 11 is 1.55. The van der Waals surface area contributed by atoms with Crippen LogP contribution in [0.4, 0.5) is 11.5 Å². The molecule has 188 valence electrons. The first kappa shape index (κ1) is 23.4. The highest BCUT2D eigenvalue weighted by molar-refractivity contribution is 8.00. The summed E-state index contributed by atoms with van der Waals surface area (Å²) in [5.74, 6) is 3.54. The number of ether oxygens (including phenoxy) is 2. The molecule has 4 heterocycles. The maximum atomic E-state index is 11.7. The molecule has 9 heteroatoms. The van der Waals surface area contributed by atoms with E-state index in [1.807, 2.05) is 18.3 Å². The molecular weight excluding hydrogens is 474 g/mol. The Morgan fingerprint density at radius 2 is 2.11 bits per heavy atom. The van der Waals surface area contributed by atoms with E-state index in [1.54, 1.807) is 18.9 Å². The smallest absolute Gasteiger partial charge is 0.235 e. The summed E-state index contributed by atoms with van der Waals surface area (Å²) in [6.45, 7) is 3.33. The zero-order valence-corrected chi connectivity index (χ0v) is 21.3. The number of pyridine rings is 2. The van der Waals surface area contributed by atoms with Gasteiger partial charge in [0.15, 0.2) is 5.75 Å². The lowest BCUT2D eigenvalue weighted by molar-refractivity contribution is -0.113. The fourth-order valence-electron chi connectivity index (χ4n) is 5.47. The number of anilines is 2. The van der Waals surface area contributed by atoms with Crippen LogP contribution in [0.3, 0.4) is 0 Å². The van der Waals surface area contributed by atoms with E-state index < -0.39 is 0 Å². The number of benzene rings is 1. The second kappa shape index (κ2) is 10.1. The molecule has 0 saturated heterocycles. The summed E-state index contributed by atoms with van der Waals surface area (Å²) in [7, 11) is 1.70. The lowest BCUT2D eigenvalue weighted by Gasteiger charge is -2.37. The number of aromatic nitrogens is 2. The summed E-state index contributed by atoms with van der Waals surface area (Å²) in [4.78, 5) is 24.5. The van der Waals surface area contributed by atoms with Crippen LogP contribution in [0.1, 0.15) is 31.4 Å². The van der Waals surface area contributed by atoms with Crippen molar-refractivity contribution in [1.82, 2.24) is 15.3 Å². The van der Waals surface area contributed by atoms with Crippen LogP contribution in [0.15, 0.2) is 41.4 Å². The summed E-state index contributed by atoms with van der Waals surface area (Å²) in [5, 5.41) is 7.67. The van der Waals surface area contributed by atoms with E-state index in [1.165, 1.54) is 12.8 Å². The van der Waals surface area contributed by atoms with Gasteiger partial charge in [0.1, 0.15) is 18.2 Å². The molecule has 2 aliphatic heterocycles. The van der Waals surface area contributed by atoms with Crippen molar-refractivity contribution in [1.29, 1.82) is 0 Å². The number of rotatable bonds is 6. The Kier molecular flexibility index (Phi) is 6.58. The number of hydrogen-bond donors (Lipinski definition) is 2. The minimum atomic E-state index is 0.0229. The van der Waals surface area contributed by atoms with E-state index in [-0.39, 0.29) is 5.91 Å². The average molecular weight is 506 g/mol. The van der Waals surface area contributed by atoms with Crippen molar-refractivity contribution in [3.8, 4) is 11.5 Å². The van der Waals surface area contributed by atoms with E-state index in [2.05, 4.69) is 43.7 Å². The van der Waals surface area contributed by atoms with Gasteiger partial charge in [-0.1, -0.05) is 0 Å². The number of amides is 1. The van der Waals surface area contributed by atoms with Gasteiger partial charge in [-0.15, -0.1) is 11.8 Å². The number of methoxy groups -OCH3 is 1. The van der Waals surface area contributed by atoms with Crippen molar-refractivity contribution in [3.63, 3.8) is 0 Å². The van der Waals surface area contributed by atoms with Crippen molar-refractivity contribution < 1.29 is 14.3 Å². The van der Waals surface area contributed by atoms with Crippen molar-refractivity contribution in [2.45, 2.75) is 43.2 Å². The average Bonchev–Trinajstić information content (AvgIpc) is 2.92. The minimum Gasteiger partial charge on any atom is -0.497 e. The molecule has 3 aliphatic rings. The first-order chi connectivity index (χ1) is 17.7. The van der Waals surface area contributed by atoms with Crippen molar-refractivity contribution in [2.24, 2.45) is 5.92 Å². The first-order valence-corrected chi connectivity index (χ1v) is 13.7. The third kappa shape index (κ3) is 4.82. The second-order valence-electron chi connectivity index (χ2n) is 9.73.